The second-order valence-corrected chi connectivity index (χ2v) is 4.54. The zero-order valence-electron chi connectivity index (χ0n) is 10.6. The summed E-state index contributed by atoms with van der Waals surface area (Å²) in [5.41, 5.74) is 2.87. The number of nitrogens with one attached hydrogen (secondary N) is 1. The van der Waals surface area contributed by atoms with Crippen LogP contribution in [0.2, 0.25) is 5.02 Å². The summed E-state index contributed by atoms with van der Waals surface area (Å²) in [6.45, 7) is 4.15. The lowest BCUT2D eigenvalue weighted by atomic mass is 10.1. The Balaban J connectivity index is 2.63. The average Bonchev–Trinajstić information content (AvgIpc) is 2.60. The molecule has 0 saturated heterocycles. The molecular weight excluding hydrogens is 253 g/mol. The van der Waals surface area contributed by atoms with Crippen molar-refractivity contribution in [3.63, 3.8) is 0 Å². The number of aryl methyl sites for hydroxylation is 1. The van der Waals surface area contributed by atoms with Crippen LogP contribution in [0.15, 0.2) is 18.2 Å². The molecule has 1 heterocycles. The first-order valence-electron chi connectivity index (χ1n) is 5.70. The number of hydrogen-bond donors (Lipinski definition) is 1. The van der Waals surface area contributed by atoms with Crippen LogP contribution in [0.3, 0.4) is 0 Å². The molecule has 1 aromatic heterocycles. The molecule has 0 aliphatic rings. The predicted molar refractivity (Wildman–Crippen MR) is 70.8 cm³/mol. The predicted octanol–water partition coefficient (Wildman–Crippen LogP) is 3.00. The van der Waals surface area contributed by atoms with Crippen LogP contribution in [0.1, 0.15) is 17.0 Å². The molecule has 2 aromatic rings. The number of halogens is 2. The summed E-state index contributed by atoms with van der Waals surface area (Å²) >= 11 is 6.12. The van der Waals surface area contributed by atoms with Crippen molar-refractivity contribution in [2.24, 2.45) is 0 Å². The lowest BCUT2D eigenvalue weighted by molar-refractivity contribution is 0.596. The molecule has 0 saturated carbocycles. The Bertz CT molecular complexity index is 578. The van der Waals surface area contributed by atoms with Gasteiger partial charge in [-0.15, -0.1) is 0 Å². The van der Waals surface area contributed by atoms with Crippen LogP contribution >= 0.6 is 11.6 Å². The van der Waals surface area contributed by atoms with Crippen LogP contribution in [0.4, 0.5) is 4.39 Å². The summed E-state index contributed by atoms with van der Waals surface area (Å²) in [5.74, 6) is -0.245. The van der Waals surface area contributed by atoms with Crippen molar-refractivity contribution in [3.8, 4) is 5.69 Å². The zero-order chi connectivity index (χ0) is 13.3. The molecule has 0 fully saturated rings. The Morgan fingerprint density at radius 2 is 2.11 bits per heavy atom. The summed E-state index contributed by atoms with van der Waals surface area (Å²) < 4.78 is 15.5. The Morgan fingerprint density at radius 3 is 2.67 bits per heavy atom. The van der Waals surface area contributed by atoms with Crippen LogP contribution in [0, 0.1) is 19.7 Å². The van der Waals surface area contributed by atoms with Gasteiger partial charge in [-0.25, -0.2) is 9.07 Å². The number of rotatable bonds is 3. The van der Waals surface area contributed by atoms with E-state index in [0.29, 0.717) is 17.1 Å². The van der Waals surface area contributed by atoms with E-state index >= 15 is 0 Å². The molecule has 0 atom stereocenters. The first-order valence-corrected chi connectivity index (χ1v) is 6.08. The largest absolute Gasteiger partial charge is 0.316 e. The average molecular weight is 268 g/mol. The first-order chi connectivity index (χ1) is 8.56. The molecule has 2 rings (SSSR count). The van der Waals surface area contributed by atoms with Gasteiger partial charge in [0.05, 0.1) is 22.1 Å². The molecule has 5 heteroatoms. The number of benzene rings is 1. The Morgan fingerprint density at radius 1 is 1.39 bits per heavy atom. The molecule has 0 aliphatic carbocycles. The molecule has 18 heavy (non-hydrogen) atoms. The van der Waals surface area contributed by atoms with Crippen molar-refractivity contribution in [1.82, 2.24) is 15.1 Å². The third-order valence-corrected chi connectivity index (χ3v) is 3.43. The van der Waals surface area contributed by atoms with Crippen LogP contribution in [0.5, 0.6) is 0 Å². The molecule has 3 nitrogen and oxygen atoms in total. The lowest BCUT2D eigenvalue weighted by Gasteiger charge is -2.11. The van der Waals surface area contributed by atoms with E-state index in [-0.39, 0.29) is 5.82 Å². The van der Waals surface area contributed by atoms with Crippen molar-refractivity contribution >= 4 is 11.6 Å². The van der Waals surface area contributed by atoms with E-state index in [2.05, 4.69) is 10.4 Å². The van der Waals surface area contributed by atoms with Gasteiger partial charge in [0.1, 0.15) is 5.82 Å². The maximum Gasteiger partial charge on any atom is 0.129 e. The minimum atomic E-state index is -0.245. The molecule has 0 spiro atoms. The topological polar surface area (TPSA) is 29.9 Å². The van der Waals surface area contributed by atoms with Gasteiger partial charge in [0.25, 0.3) is 0 Å². The van der Waals surface area contributed by atoms with E-state index < -0.39 is 0 Å². The van der Waals surface area contributed by atoms with Crippen molar-refractivity contribution in [1.29, 1.82) is 0 Å². The quantitative estimate of drug-likeness (QED) is 0.927. The number of hydrogen-bond acceptors (Lipinski definition) is 2. The highest BCUT2D eigenvalue weighted by atomic mass is 35.5. The monoisotopic (exact) mass is 267 g/mol. The summed E-state index contributed by atoms with van der Waals surface area (Å²) in [6.07, 6.45) is 0. The van der Waals surface area contributed by atoms with Gasteiger partial charge in [0, 0.05) is 12.1 Å². The molecular formula is C13H15ClFN3. The second kappa shape index (κ2) is 5.08. The molecule has 0 amide bonds. The van der Waals surface area contributed by atoms with Gasteiger partial charge in [-0.1, -0.05) is 17.7 Å². The van der Waals surface area contributed by atoms with Crippen molar-refractivity contribution in [2.75, 3.05) is 7.05 Å². The van der Waals surface area contributed by atoms with Gasteiger partial charge in [-0.05, 0) is 33.0 Å². The normalized spacial score (nSPS) is 10.9. The third-order valence-electron chi connectivity index (χ3n) is 2.88. The Hall–Kier alpha value is -1.39. The fourth-order valence-corrected chi connectivity index (χ4v) is 2.07. The lowest BCUT2D eigenvalue weighted by Crippen LogP contribution is -2.12. The van der Waals surface area contributed by atoms with Crippen LogP contribution in [-0.2, 0) is 6.54 Å². The van der Waals surface area contributed by atoms with Gasteiger partial charge < -0.3 is 5.32 Å². The summed E-state index contributed by atoms with van der Waals surface area (Å²) in [5, 5.41) is 7.94. The zero-order valence-corrected chi connectivity index (χ0v) is 11.3. The highest BCUT2D eigenvalue weighted by molar-refractivity contribution is 6.31. The fraction of sp³-hybridized carbons (Fsp3) is 0.308. The van der Waals surface area contributed by atoms with Gasteiger partial charge >= 0.3 is 0 Å². The fourth-order valence-electron chi connectivity index (χ4n) is 1.96. The molecule has 0 aliphatic heterocycles. The number of nitrogens with zero attached hydrogens (tertiary/aromatic N) is 2. The van der Waals surface area contributed by atoms with Crippen molar-refractivity contribution < 1.29 is 4.39 Å². The van der Waals surface area contributed by atoms with E-state index in [1.165, 1.54) is 6.07 Å². The molecule has 1 aromatic carbocycles. The highest BCUT2D eigenvalue weighted by Gasteiger charge is 2.15. The minimum absolute atomic E-state index is 0.245. The highest BCUT2D eigenvalue weighted by Crippen LogP contribution is 2.25. The second-order valence-electron chi connectivity index (χ2n) is 4.16. The molecule has 0 unspecified atom stereocenters. The van der Waals surface area contributed by atoms with E-state index in [1.807, 2.05) is 19.9 Å². The summed E-state index contributed by atoms with van der Waals surface area (Å²) in [4.78, 5) is 0. The maximum absolute atomic E-state index is 13.8. The van der Waals surface area contributed by atoms with Gasteiger partial charge in [-0.2, -0.15) is 5.10 Å². The maximum atomic E-state index is 13.8. The van der Waals surface area contributed by atoms with E-state index in [0.717, 1.165) is 17.1 Å². The summed E-state index contributed by atoms with van der Waals surface area (Å²) in [7, 11) is 1.78. The molecule has 96 valence electrons. The van der Waals surface area contributed by atoms with Gasteiger partial charge in [0.2, 0.25) is 0 Å². The smallest absolute Gasteiger partial charge is 0.129 e. The molecule has 1 N–H and O–H groups in total. The van der Waals surface area contributed by atoms with E-state index in [9.17, 15) is 4.39 Å². The SMILES string of the molecule is CNCc1c(F)cccc1-n1nc(C)c(Cl)c1C. The summed E-state index contributed by atoms with van der Waals surface area (Å²) in [6, 6.07) is 4.96. The van der Waals surface area contributed by atoms with Gasteiger partial charge in [-0.3, -0.25) is 0 Å². The molecule has 0 bridgehead atoms. The minimum Gasteiger partial charge on any atom is -0.316 e. The third kappa shape index (κ3) is 2.13. The number of aromatic nitrogens is 2. The van der Waals surface area contributed by atoms with Crippen LogP contribution < -0.4 is 5.32 Å². The Kier molecular flexibility index (Phi) is 3.68. The Labute approximate surface area is 111 Å². The van der Waals surface area contributed by atoms with Crippen LogP contribution in [0.25, 0.3) is 5.69 Å². The standard InChI is InChI=1S/C13H15ClFN3/c1-8-13(14)9(2)18(17-8)12-6-4-5-11(15)10(12)7-16-3/h4-6,16H,7H2,1-3H3. The van der Waals surface area contributed by atoms with E-state index in [1.54, 1.807) is 17.8 Å². The first kappa shape index (κ1) is 13.1. The van der Waals surface area contributed by atoms with Crippen molar-refractivity contribution in [3.05, 3.63) is 46.0 Å². The van der Waals surface area contributed by atoms with E-state index in [4.69, 9.17) is 11.6 Å². The van der Waals surface area contributed by atoms with Crippen LogP contribution in [-0.4, -0.2) is 16.8 Å². The van der Waals surface area contributed by atoms with Gasteiger partial charge in [0.15, 0.2) is 0 Å². The molecule has 0 radical (unpaired) electrons. The van der Waals surface area contributed by atoms with Crippen molar-refractivity contribution in [2.45, 2.75) is 20.4 Å².